The number of anilines is 1. The summed E-state index contributed by atoms with van der Waals surface area (Å²) in [6, 6.07) is 5.20. The molecule has 0 saturated carbocycles. The standard InChI is InChI=1S/C16H20N2O3/c1-9(2)11(4)17-13(19)8-18-14-10(3)6-5-7-12(14)15(20)16(18)21/h5-7,9,11H,8H2,1-4H3,(H,17,19). The van der Waals surface area contributed by atoms with E-state index in [0.29, 0.717) is 17.2 Å². The molecular weight excluding hydrogens is 268 g/mol. The molecule has 0 aromatic heterocycles. The fourth-order valence-electron chi connectivity index (χ4n) is 2.30. The maximum absolute atomic E-state index is 12.1. The molecule has 1 heterocycles. The highest BCUT2D eigenvalue weighted by Crippen LogP contribution is 2.31. The Hall–Kier alpha value is -2.17. The maximum atomic E-state index is 12.1. The number of benzene rings is 1. The zero-order chi connectivity index (χ0) is 15.7. The summed E-state index contributed by atoms with van der Waals surface area (Å²) >= 11 is 0. The monoisotopic (exact) mass is 288 g/mol. The minimum Gasteiger partial charge on any atom is -0.352 e. The second kappa shape index (κ2) is 5.68. The zero-order valence-electron chi connectivity index (χ0n) is 12.8. The molecule has 1 N–H and O–H groups in total. The van der Waals surface area contributed by atoms with Gasteiger partial charge >= 0.3 is 0 Å². The summed E-state index contributed by atoms with van der Waals surface area (Å²) in [5, 5.41) is 2.85. The van der Waals surface area contributed by atoms with Crippen molar-refractivity contribution in [1.29, 1.82) is 0 Å². The van der Waals surface area contributed by atoms with Gasteiger partial charge in [0.25, 0.3) is 11.7 Å². The Morgan fingerprint density at radius 1 is 1.24 bits per heavy atom. The van der Waals surface area contributed by atoms with Crippen molar-refractivity contribution in [3.05, 3.63) is 29.3 Å². The first-order chi connectivity index (χ1) is 9.82. The van der Waals surface area contributed by atoms with Gasteiger partial charge < -0.3 is 5.32 Å². The Morgan fingerprint density at radius 2 is 1.90 bits per heavy atom. The quantitative estimate of drug-likeness (QED) is 0.857. The molecule has 1 unspecified atom stereocenters. The van der Waals surface area contributed by atoms with Gasteiger partial charge in [-0.2, -0.15) is 0 Å². The lowest BCUT2D eigenvalue weighted by molar-refractivity contribution is -0.122. The van der Waals surface area contributed by atoms with Gasteiger partial charge in [0.1, 0.15) is 6.54 Å². The molecule has 1 atom stereocenters. The Kier molecular flexibility index (Phi) is 4.11. The normalized spacial score (nSPS) is 15.4. The average Bonchev–Trinajstić information content (AvgIpc) is 2.65. The van der Waals surface area contributed by atoms with Crippen molar-refractivity contribution in [1.82, 2.24) is 5.32 Å². The molecule has 0 saturated heterocycles. The predicted octanol–water partition coefficient (Wildman–Crippen LogP) is 1.69. The smallest absolute Gasteiger partial charge is 0.299 e. The predicted molar refractivity (Wildman–Crippen MR) is 80.3 cm³/mol. The highest BCUT2D eigenvalue weighted by Gasteiger charge is 2.37. The first-order valence-electron chi connectivity index (χ1n) is 7.08. The van der Waals surface area contributed by atoms with Gasteiger partial charge in [-0.05, 0) is 31.4 Å². The van der Waals surface area contributed by atoms with Crippen molar-refractivity contribution in [3.8, 4) is 0 Å². The maximum Gasteiger partial charge on any atom is 0.299 e. The van der Waals surface area contributed by atoms with E-state index in [2.05, 4.69) is 5.32 Å². The van der Waals surface area contributed by atoms with Crippen LogP contribution >= 0.6 is 0 Å². The topological polar surface area (TPSA) is 66.5 Å². The molecular formula is C16H20N2O3. The SMILES string of the molecule is Cc1cccc2c1N(CC(=O)NC(C)C(C)C)C(=O)C2=O. The lowest BCUT2D eigenvalue weighted by atomic mass is 10.1. The van der Waals surface area contributed by atoms with E-state index in [1.54, 1.807) is 12.1 Å². The first kappa shape index (κ1) is 15.2. The van der Waals surface area contributed by atoms with Crippen LogP contribution in [-0.4, -0.2) is 30.2 Å². The molecule has 5 nitrogen and oxygen atoms in total. The summed E-state index contributed by atoms with van der Waals surface area (Å²) < 4.78 is 0. The molecule has 2 amide bonds. The van der Waals surface area contributed by atoms with Crippen LogP contribution in [0, 0.1) is 12.8 Å². The second-order valence-corrected chi connectivity index (χ2v) is 5.79. The Labute approximate surface area is 124 Å². The minimum absolute atomic E-state index is 0.0160. The molecule has 0 bridgehead atoms. The van der Waals surface area contributed by atoms with E-state index >= 15 is 0 Å². The van der Waals surface area contributed by atoms with Crippen LogP contribution in [0.15, 0.2) is 18.2 Å². The van der Waals surface area contributed by atoms with E-state index in [9.17, 15) is 14.4 Å². The average molecular weight is 288 g/mol. The largest absolute Gasteiger partial charge is 0.352 e. The van der Waals surface area contributed by atoms with Crippen molar-refractivity contribution in [2.24, 2.45) is 5.92 Å². The van der Waals surface area contributed by atoms with Gasteiger partial charge in [-0.3, -0.25) is 19.3 Å². The van der Waals surface area contributed by atoms with Gasteiger partial charge in [0, 0.05) is 6.04 Å². The third kappa shape index (κ3) is 2.82. The molecule has 0 spiro atoms. The first-order valence-corrected chi connectivity index (χ1v) is 7.08. The number of carbonyl (C=O) groups excluding carboxylic acids is 3. The van der Waals surface area contributed by atoms with Crippen LogP contribution < -0.4 is 10.2 Å². The van der Waals surface area contributed by atoms with Gasteiger partial charge in [-0.25, -0.2) is 0 Å². The lowest BCUT2D eigenvalue weighted by Crippen LogP contribution is -2.44. The fourth-order valence-corrected chi connectivity index (χ4v) is 2.30. The molecule has 0 fully saturated rings. The minimum atomic E-state index is -0.633. The Balaban J connectivity index is 2.21. The van der Waals surface area contributed by atoms with E-state index in [-0.39, 0.29) is 18.5 Å². The summed E-state index contributed by atoms with van der Waals surface area (Å²) in [6.07, 6.45) is 0. The van der Waals surface area contributed by atoms with Crippen LogP contribution in [0.3, 0.4) is 0 Å². The number of amides is 2. The molecule has 1 aliphatic rings. The number of fused-ring (bicyclic) bond motifs is 1. The number of ketones is 1. The van der Waals surface area contributed by atoms with Gasteiger partial charge in [0.2, 0.25) is 5.91 Å². The molecule has 1 aliphatic heterocycles. The van der Waals surface area contributed by atoms with Crippen LogP contribution in [0.5, 0.6) is 0 Å². The van der Waals surface area contributed by atoms with Crippen LogP contribution in [0.1, 0.15) is 36.7 Å². The summed E-state index contributed by atoms with van der Waals surface area (Å²) in [6.45, 7) is 7.63. The Morgan fingerprint density at radius 3 is 2.52 bits per heavy atom. The van der Waals surface area contributed by atoms with Gasteiger partial charge in [-0.1, -0.05) is 26.0 Å². The molecule has 0 radical (unpaired) electrons. The second-order valence-electron chi connectivity index (χ2n) is 5.79. The van der Waals surface area contributed by atoms with Crippen LogP contribution in [0.4, 0.5) is 5.69 Å². The third-order valence-electron chi connectivity index (χ3n) is 3.88. The van der Waals surface area contributed by atoms with Crippen LogP contribution in [-0.2, 0) is 9.59 Å². The van der Waals surface area contributed by atoms with Crippen molar-refractivity contribution in [2.75, 3.05) is 11.4 Å². The molecule has 1 aromatic carbocycles. The lowest BCUT2D eigenvalue weighted by Gasteiger charge is -2.21. The van der Waals surface area contributed by atoms with E-state index in [0.717, 1.165) is 5.56 Å². The molecule has 112 valence electrons. The molecule has 2 rings (SSSR count). The van der Waals surface area contributed by atoms with E-state index in [1.165, 1.54) is 4.90 Å². The summed E-state index contributed by atoms with van der Waals surface area (Å²) in [5.74, 6) is -1.13. The van der Waals surface area contributed by atoms with Gasteiger partial charge in [0.15, 0.2) is 0 Å². The van der Waals surface area contributed by atoms with Gasteiger partial charge in [0.05, 0.1) is 11.3 Å². The third-order valence-corrected chi connectivity index (χ3v) is 3.88. The van der Waals surface area contributed by atoms with E-state index < -0.39 is 11.7 Å². The fraction of sp³-hybridized carbons (Fsp3) is 0.438. The number of para-hydroxylation sites is 1. The highest BCUT2D eigenvalue weighted by molar-refractivity contribution is 6.52. The van der Waals surface area contributed by atoms with E-state index in [1.807, 2.05) is 33.8 Å². The highest BCUT2D eigenvalue weighted by atomic mass is 16.2. The number of Topliss-reactive ketones (excluding diaryl/α,β-unsaturated/α-hetero) is 1. The van der Waals surface area contributed by atoms with Crippen molar-refractivity contribution >= 4 is 23.3 Å². The molecule has 1 aromatic rings. The number of nitrogens with zero attached hydrogens (tertiary/aromatic N) is 1. The number of nitrogens with one attached hydrogen (secondary N) is 1. The summed E-state index contributed by atoms with van der Waals surface area (Å²) in [5.41, 5.74) is 1.75. The van der Waals surface area contributed by atoms with Crippen LogP contribution in [0.2, 0.25) is 0 Å². The molecule has 21 heavy (non-hydrogen) atoms. The number of carbonyl (C=O) groups is 3. The number of aryl methyl sites for hydroxylation is 1. The number of rotatable bonds is 4. The molecule has 0 aliphatic carbocycles. The summed E-state index contributed by atoms with van der Waals surface area (Å²) in [4.78, 5) is 37.4. The van der Waals surface area contributed by atoms with E-state index in [4.69, 9.17) is 0 Å². The number of hydrogen-bond acceptors (Lipinski definition) is 3. The summed E-state index contributed by atoms with van der Waals surface area (Å²) in [7, 11) is 0. The molecule has 5 heteroatoms. The van der Waals surface area contributed by atoms with Crippen LogP contribution in [0.25, 0.3) is 0 Å². The van der Waals surface area contributed by atoms with Gasteiger partial charge in [-0.15, -0.1) is 0 Å². The van der Waals surface area contributed by atoms with Crippen molar-refractivity contribution in [2.45, 2.75) is 33.7 Å². The zero-order valence-corrected chi connectivity index (χ0v) is 12.8. The Bertz CT molecular complexity index is 608. The van der Waals surface area contributed by atoms with Crippen molar-refractivity contribution in [3.63, 3.8) is 0 Å². The van der Waals surface area contributed by atoms with Crippen molar-refractivity contribution < 1.29 is 14.4 Å². The number of hydrogen-bond donors (Lipinski definition) is 1.